The van der Waals surface area contributed by atoms with Crippen molar-refractivity contribution in [1.82, 2.24) is 30.4 Å². The molecular weight excluding hydrogens is 484 g/mol. The number of nitrogens with zero attached hydrogens (tertiary/aromatic N) is 5. The number of nitrogens with one attached hydrogen (secondary N) is 1. The van der Waals surface area contributed by atoms with E-state index in [9.17, 15) is 9.59 Å². The number of thiophene rings is 2. The van der Waals surface area contributed by atoms with Gasteiger partial charge in [0.2, 0.25) is 17.6 Å². The fourth-order valence-electron chi connectivity index (χ4n) is 4.29. The number of aromatic nitrogens is 4. The molecule has 9 nitrogen and oxygen atoms in total. The lowest BCUT2D eigenvalue weighted by atomic mass is 10.1. The summed E-state index contributed by atoms with van der Waals surface area (Å²) in [6.45, 7) is 2.01. The predicted octanol–water partition coefficient (Wildman–Crippen LogP) is 4.19. The first-order valence-corrected chi connectivity index (χ1v) is 13.3. The highest BCUT2D eigenvalue weighted by atomic mass is 32.1. The summed E-state index contributed by atoms with van der Waals surface area (Å²) in [5.74, 6) is 1.12. The van der Waals surface area contributed by atoms with Gasteiger partial charge in [-0.25, -0.2) is 0 Å². The molecule has 1 N–H and O–H groups in total. The van der Waals surface area contributed by atoms with Gasteiger partial charge in [0.15, 0.2) is 5.76 Å². The number of carbonyl (C=O) groups excluding carboxylic acids is 2. The molecule has 182 valence electrons. The molecule has 0 aromatic carbocycles. The van der Waals surface area contributed by atoms with E-state index in [-0.39, 0.29) is 24.4 Å². The quantitative estimate of drug-likeness (QED) is 0.362. The Bertz CT molecular complexity index is 1260. The minimum absolute atomic E-state index is 0.142. The van der Waals surface area contributed by atoms with Crippen LogP contribution in [0.25, 0.3) is 11.6 Å². The minimum Gasteiger partial charge on any atom is -0.458 e. The summed E-state index contributed by atoms with van der Waals surface area (Å²) in [5.41, 5.74) is 0. The second kappa shape index (κ2) is 10.5. The molecule has 1 atom stereocenters. The van der Waals surface area contributed by atoms with E-state index in [1.54, 1.807) is 22.3 Å². The Kier molecular flexibility index (Phi) is 7.05. The standard InChI is InChI=1S/C24H26N6O3S2/c1-16-10-11-19(33-16)23-26-28-30(27-23)15-21(31)29(14-18-8-4-12-34-18)22(20-9-5-13-35-20)24(32)25-17-6-2-3-7-17/h4-5,8-13,17,22H,2-3,6-7,14-15H2,1H3,(H,25,32)/t22-/m0/s1. The van der Waals surface area contributed by atoms with Gasteiger partial charge in [-0.1, -0.05) is 25.0 Å². The average molecular weight is 511 g/mol. The SMILES string of the molecule is Cc1ccc(-c2nnn(CC(=O)N(Cc3cccs3)[C@H](C(=O)NC3CCCC3)c3cccs3)n2)o1. The molecule has 1 aliphatic carbocycles. The number of tetrazole rings is 1. The highest BCUT2D eigenvalue weighted by Crippen LogP contribution is 2.30. The number of rotatable bonds is 9. The molecule has 0 radical (unpaired) electrons. The van der Waals surface area contributed by atoms with Gasteiger partial charge in [0.1, 0.15) is 18.3 Å². The van der Waals surface area contributed by atoms with Gasteiger partial charge in [0, 0.05) is 15.8 Å². The molecule has 11 heteroatoms. The lowest BCUT2D eigenvalue weighted by Gasteiger charge is -2.31. The second-order valence-electron chi connectivity index (χ2n) is 8.56. The van der Waals surface area contributed by atoms with E-state index < -0.39 is 6.04 Å². The maximum Gasteiger partial charge on any atom is 0.248 e. The summed E-state index contributed by atoms with van der Waals surface area (Å²) >= 11 is 3.02. The monoisotopic (exact) mass is 510 g/mol. The van der Waals surface area contributed by atoms with Gasteiger partial charge in [-0.2, -0.15) is 4.80 Å². The zero-order chi connectivity index (χ0) is 24.2. The number of furan rings is 1. The summed E-state index contributed by atoms with van der Waals surface area (Å²) < 4.78 is 5.56. The third-order valence-corrected chi connectivity index (χ3v) is 7.78. The van der Waals surface area contributed by atoms with Crippen LogP contribution in [0.2, 0.25) is 0 Å². The van der Waals surface area contributed by atoms with E-state index in [1.165, 1.54) is 16.1 Å². The number of carbonyl (C=O) groups is 2. The summed E-state index contributed by atoms with van der Waals surface area (Å²) in [6, 6.07) is 10.7. The second-order valence-corrected chi connectivity index (χ2v) is 10.6. The van der Waals surface area contributed by atoms with Crippen LogP contribution in [-0.4, -0.2) is 43.0 Å². The van der Waals surface area contributed by atoms with Crippen molar-refractivity contribution in [3.63, 3.8) is 0 Å². The fraction of sp³-hybridized carbons (Fsp3) is 0.375. The summed E-state index contributed by atoms with van der Waals surface area (Å²) in [6.07, 6.45) is 4.17. The van der Waals surface area contributed by atoms with E-state index in [1.807, 2.05) is 48.0 Å². The van der Waals surface area contributed by atoms with Gasteiger partial charge in [-0.05, 0) is 60.0 Å². The molecule has 2 amide bonds. The molecule has 0 bridgehead atoms. The summed E-state index contributed by atoms with van der Waals surface area (Å²) in [5, 5.41) is 19.5. The van der Waals surface area contributed by atoms with Crippen molar-refractivity contribution in [2.45, 2.75) is 57.8 Å². The molecule has 0 aliphatic heterocycles. The van der Waals surface area contributed by atoms with Crippen LogP contribution in [-0.2, 0) is 22.7 Å². The molecule has 4 heterocycles. The van der Waals surface area contributed by atoms with Gasteiger partial charge < -0.3 is 14.6 Å². The van der Waals surface area contributed by atoms with Crippen molar-refractivity contribution in [2.24, 2.45) is 0 Å². The first-order valence-electron chi connectivity index (χ1n) is 11.6. The Balaban J connectivity index is 1.41. The molecule has 0 spiro atoms. The van der Waals surface area contributed by atoms with Crippen molar-refractivity contribution in [2.75, 3.05) is 0 Å². The summed E-state index contributed by atoms with van der Waals surface area (Å²) in [7, 11) is 0. The third kappa shape index (κ3) is 5.51. The van der Waals surface area contributed by atoms with Gasteiger partial charge in [0.25, 0.3) is 0 Å². The molecule has 1 fully saturated rings. The van der Waals surface area contributed by atoms with Crippen molar-refractivity contribution in [1.29, 1.82) is 0 Å². The van der Waals surface area contributed by atoms with Crippen LogP contribution in [0.5, 0.6) is 0 Å². The van der Waals surface area contributed by atoms with E-state index in [0.717, 1.165) is 41.2 Å². The van der Waals surface area contributed by atoms with Crippen molar-refractivity contribution in [3.05, 3.63) is 62.7 Å². The largest absolute Gasteiger partial charge is 0.458 e. The lowest BCUT2D eigenvalue weighted by molar-refractivity contribution is -0.142. The van der Waals surface area contributed by atoms with Crippen LogP contribution in [0.1, 0.15) is 47.2 Å². The van der Waals surface area contributed by atoms with Crippen LogP contribution < -0.4 is 5.32 Å². The molecular formula is C24H26N6O3S2. The smallest absolute Gasteiger partial charge is 0.248 e. The topological polar surface area (TPSA) is 106 Å². The van der Waals surface area contributed by atoms with E-state index >= 15 is 0 Å². The maximum atomic E-state index is 13.7. The molecule has 35 heavy (non-hydrogen) atoms. The summed E-state index contributed by atoms with van der Waals surface area (Å²) in [4.78, 5) is 31.9. The highest BCUT2D eigenvalue weighted by molar-refractivity contribution is 7.10. The molecule has 0 saturated heterocycles. The number of aryl methyl sites for hydroxylation is 1. The van der Waals surface area contributed by atoms with Gasteiger partial charge in [0.05, 0.1) is 6.54 Å². The average Bonchev–Trinajstić information content (AvgIpc) is 3.65. The highest BCUT2D eigenvalue weighted by Gasteiger charge is 2.34. The molecule has 4 aromatic heterocycles. The Morgan fingerprint density at radius 1 is 1.17 bits per heavy atom. The first kappa shape index (κ1) is 23.4. The van der Waals surface area contributed by atoms with E-state index in [0.29, 0.717) is 18.1 Å². The van der Waals surface area contributed by atoms with Gasteiger partial charge in [-0.15, -0.1) is 32.9 Å². The zero-order valence-corrected chi connectivity index (χ0v) is 20.9. The Hall–Kier alpha value is -3.31. The first-order chi connectivity index (χ1) is 17.1. The van der Waals surface area contributed by atoms with Gasteiger partial charge >= 0.3 is 0 Å². The Morgan fingerprint density at radius 3 is 2.66 bits per heavy atom. The Labute approximate surface area is 210 Å². The van der Waals surface area contributed by atoms with Crippen LogP contribution in [0.3, 0.4) is 0 Å². The number of hydrogen-bond donors (Lipinski definition) is 1. The maximum absolute atomic E-state index is 13.7. The van der Waals surface area contributed by atoms with Crippen LogP contribution in [0.4, 0.5) is 0 Å². The van der Waals surface area contributed by atoms with Crippen LogP contribution in [0.15, 0.2) is 51.6 Å². The predicted molar refractivity (Wildman–Crippen MR) is 133 cm³/mol. The molecule has 1 aliphatic rings. The number of hydrogen-bond acceptors (Lipinski definition) is 8. The van der Waals surface area contributed by atoms with Crippen molar-refractivity contribution in [3.8, 4) is 11.6 Å². The molecule has 5 rings (SSSR count). The normalized spacial score (nSPS) is 14.8. The van der Waals surface area contributed by atoms with Crippen molar-refractivity contribution >= 4 is 34.5 Å². The van der Waals surface area contributed by atoms with E-state index in [4.69, 9.17) is 4.42 Å². The zero-order valence-electron chi connectivity index (χ0n) is 19.3. The van der Waals surface area contributed by atoms with Crippen LogP contribution >= 0.6 is 22.7 Å². The van der Waals surface area contributed by atoms with Crippen molar-refractivity contribution < 1.29 is 14.0 Å². The molecule has 1 saturated carbocycles. The molecule has 0 unspecified atom stereocenters. The van der Waals surface area contributed by atoms with Crippen LogP contribution in [0, 0.1) is 6.92 Å². The Morgan fingerprint density at radius 2 is 1.97 bits per heavy atom. The lowest BCUT2D eigenvalue weighted by Crippen LogP contribution is -2.46. The third-order valence-electron chi connectivity index (χ3n) is 5.99. The number of amides is 2. The molecule has 4 aromatic rings. The van der Waals surface area contributed by atoms with Gasteiger partial charge in [-0.3, -0.25) is 9.59 Å². The van der Waals surface area contributed by atoms with E-state index in [2.05, 4.69) is 20.7 Å². The fourth-order valence-corrected chi connectivity index (χ4v) is 5.83. The minimum atomic E-state index is -0.735.